The van der Waals surface area contributed by atoms with Gasteiger partial charge in [0, 0.05) is 19.6 Å². The number of hydrogen-bond donors (Lipinski definition) is 2. The van der Waals surface area contributed by atoms with E-state index in [1.165, 1.54) is 11.3 Å². The molecule has 0 bridgehead atoms. The molecule has 1 aromatic heterocycles. The second-order valence-corrected chi connectivity index (χ2v) is 6.93. The minimum atomic E-state index is -0.125. The quantitative estimate of drug-likeness (QED) is 0.567. The van der Waals surface area contributed by atoms with Gasteiger partial charge in [0.05, 0.1) is 10.6 Å². The zero-order valence-electron chi connectivity index (χ0n) is 13.2. The van der Waals surface area contributed by atoms with Crippen molar-refractivity contribution in [2.24, 2.45) is 5.92 Å². The molecule has 1 amide bonds. The first kappa shape index (κ1) is 17.9. The maximum absolute atomic E-state index is 12.2. The van der Waals surface area contributed by atoms with Gasteiger partial charge in [-0.2, -0.15) is 0 Å². The number of hydrogen-bond acceptors (Lipinski definition) is 5. The molecular formula is C15H25N3OS2. The number of carbonyl (C=O) groups is 1. The van der Waals surface area contributed by atoms with Crippen LogP contribution >= 0.6 is 23.1 Å². The molecule has 1 rings (SSSR count). The Bertz CT molecular complexity index is 497. The van der Waals surface area contributed by atoms with Crippen LogP contribution in [0.2, 0.25) is 0 Å². The van der Waals surface area contributed by atoms with Gasteiger partial charge >= 0.3 is 0 Å². The van der Waals surface area contributed by atoms with Crippen LogP contribution in [0.25, 0.3) is 0 Å². The molecule has 0 radical (unpaired) electrons. The van der Waals surface area contributed by atoms with Crippen LogP contribution in [0, 0.1) is 5.92 Å². The first-order chi connectivity index (χ1) is 9.96. The van der Waals surface area contributed by atoms with E-state index in [0.717, 1.165) is 23.0 Å². The molecule has 4 nitrogen and oxygen atoms in total. The predicted octanol–water partition coefficient (Wildman–Crippen LogP) is 3.45. The van der Waals surface area contributed by atoms with Crippen molar-refractivity contribution in [2.45, 2.75) is 25.7 Å². The van der Waals surface area contributed by atoms with Gasteiger partial charge in [0.1, 0.15) is 9.88 Å². The number of rotatable bonds is 8. The lowest BCUT2D eigenvalue weighted by Crippen LogP contribution is -2.26. The molecule has 0 unspecified atom stereocenters. The zero-order valence-corrected chi connectivity index (χ0v) is 14.9. The summed E-state index contributed by atoms with van der Waals surface area (Å²) in [5.41, 5.74) is 6.78. The second kappa shape index (κ2) is 8.34. The smallest absolute Gasteiger partial charge is 0.263 e. The highest BCUT2D eigenvalue weighted by Crippen LogP contribution is 2.43. The molecule has 21 heavy (non-hydrogen) atoms. The van der Waals surface area contributed by atoms with E-state index >= 15 is 0 Å². The van der Waals surface area contributed by atoms with Crippen LogP contribution in [0.4, 0.5) is 10.7 Å². The van der Waals surface area contributed by atoms with E-state index in [9.17, 15) is 4.79 Å². The van der Waals surface area contributed by atoms with Crippen LogP contribution in [0.3, 0.4) is 0 Å². The van der Waals surface area contributed by atoms with Crippen LogP contribution in [0.5, 0.6) is 0 Å². The van der Waals surface area contributed by atoms with Crippen LogP contribution in [-0.2, 0) is 0 Å². The Hall–Kier alpha value is -1.14. The molecule has 0 aliphatic rings. The van der Waals surface area contributed by atoms with E-state index in [1.54, 1.807) is 17.8 Å². The molecule has 0 aliphatic carbocycles. The fourth-order valence-corrected chi connectivity index (χ4v) is 4.20. The van der Waals surface area contributed by atoms with Crippen LogP contribution < -0.4 is 16.0 Å². The summed E-state index contributed by atoms with van der Waals surface area (Å²) in [6, 6.07) is 0. The Morgan fingerprint density at radius 2 is 2.24 bits per heavy atom. The third-order valence-electron chi connectivity index (χ3n) is 2.95. The molecule has 1 aromatic rings. The molecule has 118 valence electrons. The number of nitrogen functional groups attached to an aromatic ring is 1. The minimum Gasteiger partial charge on any atom is -0.396 e. The van der Waals surface area contributed by atoms with Crippen LogP contribution in [0.1, 0.15) is 30.4 Å². The van der Waals surface area contributed by atoms with Crippen LogP contribution in [0.15, 0.2) is 17.6 Å². The fraction of sp³-hybridized carbons (Fsp3) is 0.533. The molecule has 0 spiro atoms. The number of amides is 1. The van der Waals surface area contributed by atoms with Crippen molar-refractivity contribution in [3.63, 3.8) is 0 Å². The van der Waals surface area contributed by atoms with E-state index in [4.69, 9.17) is 5.73 Å². The molecule has 0 fully saturated rings. The molecule has 0 saturated carbocycles. The predicted molar refractivity (Wildman–Crippen MR) is 95.8 cm³/mol. The molecule has 0 atom stereocenters. The molecule has 0 saturated heterocycles. The van der Waals surface area contributed by atoms with Gasteiger partial charge in [-0.3, -0.25) is 4.79 Å². The van der Waals surface area contributed by atoms with Gasteiger partial charge < -0.3 is 16.0 Å². The SMILES string of the molecule is C=CCNC(=O)c1sc(N(CC)CC(C)C)c(SC)c1N. The van der Waals surface area contributed by atoms with Crippen molar-refractivity contribution >= 4 is 39.7 Å². The standard InChI is InChI=1S/C15H25N3OS2/c1-6-8-17-14(19)12-11(16)13(20-5)15(21-12)18(7-2)9-10(3)4/h6,10H,1,7-9,16H2,2-5H3,(H,17,19). The van der Waals surface area contributed by atoms with Gasteiger partial charge in [-0.1, -0.05) is 19.9 Å². The highest BCUT2D eigenvalue weighted by molar-refractivity contribution is 7.99. The molecular weight excluding hydrogens is 302 g/mol. The number of thioether (sulfide) groups is 1. The number of nitrogens with two attached hydrogens (primary N) is 1. The number of anilines is 2. The van der Waals surface area contributed by atoms with Gasteiger partial charge in [-0.15, -0.1) is 29.7 Å². The van der Waals surface area contributed by atoms with Crippen molar-refractivity contribution in [3.8, 4) is 0 Å². The Labute approximate surface area is 135 Å². The highest BCUT2D eigenvalue weighted by atomic mass is 32.2. The van der Waals surface area contributed by atoms with Crippen LogP contribution in [-0.4, -0.2) is 31.8 Å². The number of thiophene rings is 1. The van der Waals surface area contributed by atoms with Gasteiger partial charge in [0.25, 0.3) is 5.91 Å². The van der Waals surface area contributed by atoms with Gasteiger partial charge in [0.15, 0.2) is 0 Å². The first-order valence-corrected chi connectivity index (χ1v) is 9.10. The Morgan fingerprint density at radius 3 is 2.71 bits per heavy atom. The molecule has 0 aromatic carbocycles. The molecule has 6 heteroatoms. The summed E-state index contributed by atoms with van der Waals surface area (Å²) in [4.78, 5) is 16.1. The third-order valence-corrected chi connectivity index (χ3v) is 5.17. The van der Waals surface area contributed by atoms with Gasteiger partial charge in [-0.05, 0) is 19.1 Å². The normalized spacial score (nSPS) is 10.7. The second-order valence-electron chi connectivity index (χ2n) is 5.11. The monoisotopic (exact) mass is 327 g/mol. The average Bonchev–Trinajstić information content (AvgIpc) is 2.78. The van der Waals surface area contributed by atoms with Crippen molar-refractivity contribution in [1.82, 2.24) is 5.32 Å². The summed E-state index contributed by atoms with van der Waals surface area (Å²) in [7, 11) is 0. The van der Waals surface area contributed by atoms with E-state index < -0.39 is 0 Å². The highest BCUT2D eigenvalue weighted by Gasteiger charge is 2.23. The maximum Gasteiger partial charge on any atom is 0.263 e. The van der Waals surface area contributed by atoms with E-state index in [2.05, 4.69) is 37.6 Å². The number of nitrogens with one attached hydrogen (secondary N) is 1. The lowest BCUT2D eigenvalue weighted by molar-refractivity contribution is 0.0963. The van der Waals surface area contributed by atoms with E-state index in [1.807, 2.05) is 6.26 Å². The topological polar surface area (TPSA) is 58.4 Å². The van der Waals surface area contributed by atoms with E-state index in [0.29, 0.717) is 23.0 Å². The minimum absolute atomic E-state index is 0.125. The molecule has 3 N–H and O–H groups in total. The summed E-state index contributed by atoms with van der Waals surface area (Å²) in [6.07, 6.45) is 3.66. The summed E-state index contributed by atoms with van der Waals surface area (Å²) < 4.78 is 0. The first-order valence-electron chi connectivity index (χ1n) is 7.06. The Kier molecular flexibility index (Phi) is 7.11. The summed E-state index contributed by atoms with van der Waals surface area (Å²) in [5, 5.41) is 3.89. The average molecular weight is 328 g/mol. The Balaban J connectivity index is 3.14. The molecule has 1 heterocycles. The van der Waals surface area contributed by atoms with Crippen molar-refractivity contribution in [1.29, 1.82) is 0 Å². The van der Waals surface area contributed by atoms with Crippen molar-refractivity contribution in [2.75, 3.05) is 36.5 Å². The van der Waals surface area contributed by atoms with Gasteiger partial charge in [-0.25, -0.2) is 0 Å². The lowest BCUT2D eigenvalue weighted by Gasteiger charge is -2.24. The lowest BCUT2D eigenvalue weighted by atomic mass is 10.2. The summed E-state index contributed by atoms with van der Waals surface area (Å²) in [5.74, 6) is 0.431. The largest absolute Gasteiger partial charge is 0.396 e. The Morgan fingerprint density at radius 1 is 1.57 bits per heavy atom. The van der Waals surface area contributed by atoms with Gasteiger partial charge in [0.2, 0.25) is 0 Å². The van der Waals surface area contributed by atoms with Crippen molar-refractivity contribution in [3.05, 3.63) is 17.5 Å². The summed E-state index contributed by atoms with van der Waals surface area (Å²) in [6.45, 7) is 12.4. The third kappa shape index (κ3) is 4.41. The zero-order chi connectivity index (χ0) is 16.0. The number of carbonyl (C=O) groups excluding carboxylic acids is 1. The van der Waals surface area contributed by atoms with Crippen molar-refractivity contribution < 1.29 is 4.79 Å². The van der Waals surface area contributed by atoms with E-state index in [-0.39, 0.29) is 5.91 Å². The number of nitrogens with zero attached hydrogens (tertiary/aromatic N) is 1. The maximum atomic E-state index is 12.2. The fourth-order valence-electron chi connectivity index (χ4n) is 2.03. The summed E-state index contributed by atoms with van der Waals surface area (Å²) >= 11 is 3.08. The molecule has 0 aliphatic heterocycles.